The fourth-order valence-electron chi connectivity index (χ4n) is 1.51. The van der Waals surface area contributed by atoms with Gasteiger partial charge in [0.15, 0.2) is 0 Å². The summed E-state index contributed by atoms with van der Waals surface area (Å²) in [6.07, 6.45) is -0.0219. The molecule has 0 aromatic carbocycles. The van der Waals surface area contributed by atoms with Gasteiger partial charge in [-0.15, -0.1) is 0 Å². The van der Waals surface area contributed by atoms with Crippen molar-refractivity contribution in [3.05, 3.63) is 0 Å². The number of hydrogen-bond donors (Lipinski definition) is 0. The van der Waals surface area contributed by atoms with Crippen LogP contribution in [0.25, 0.3) is 0 Å². The predicted molar refractivity (Wildman–Crippen MR) is 85.8 cm³/mol. The van der Waals surface area contributed by atoms with Crippen molar-refractivity contribution in [2.75, 3.05) is 66.1 Å². The minimum absolute atomic E-state index is 0.0109. The zero-order valence-electron chi connectivity index (χ0n) is 14.8. The molecule has 0 N–H and O–H groups in total. The average Bonchev–Trinajstić information content (AvgIpc) is 2.58. The number of hydrogen-bond acceptors (Lipinski definition) is 8. The first-order chi connectivity index (χ1) is 11.7. The van der Waals surface area contributed by atoms with Crippen molar-refractivity contribution in [2.45, 2.75) is 26.7 Å². The van der Waals surface area contributed by atoms with E-state index >= 15 is 0 Å². The van der Waals surface area contributed by atoms with Crippen LogP contribution in [0.2, 0.25) is 0 Å². The fraction of sp³-hybridized carbons (Fsp3) is 0.875. The van der Waals surface area contributed by atoms with Crippen molar-refractivity contribution in [1.82, 2.24) is 0 Å². The molecule has 0 aromatic heterocycles. The number of carbonyl (C=O) groups excluding carboxylic acids is 2. The Kier molecular flexibility index (Phi) is 17.2. The van der Waals surface area contributed by atoms with E-state index in [0.717, 1.165) is 0 Å². The van der Waals surface area contributed by atoms with Crippen LogP contribution in [0.4, 0.5) is 0 Å². The molecule has 0 unspecified atom stereocenters. The highest BCUT2D eigenvalue weighted by Gasteiger charge is 2.09. The summed E-state index contributed by atoms with van der Waals surface area (Å²) in [7, 11) is 0. The molecular formula is C16H30O8. The van der Waals surface area contributed by atoms with E-state index in [2.05, 4.69) is 0 Å². The molecule has 0 atom stereocenters. The minimum atomic E-state index is -0.451. The van der Waals surface area contributed by atoms with Gasteiger partial charge in [0.1, 0.15) is 13.2 Å². The van der Waals surface area contributed by atoms with Crippen molar-refractivity contribution < 1.29 is 38.0 Å². The number of carbonyl (C=O) groups is 2. The molecule has 8 heteroatoms. The molecule has 0 saturated heterocycles. The molecule has 0 heterocycles. The summed E-state index contributed by atoms with van der Waals surface area (Å²) in [6.45, 7) is 8.00. The lowest BCUT2D eigenvalue weighted by atomic mass is 10.3. The van der Waals surface area contributed by atoms with Crippen LogP contribution in [0, 0.1) is 0 Å². The molecule has 0 radical (unpaired) electrons. The third-order valence-electron chi connectivity index (χ3n) is 2.67. The topological polar surface area (TPSA) is 89.5 Å². The van der Waals surface area contributed by atoms with Crippen LogP contribution in [0.1, 0.15) is 26.7 Å². The van der Waals surface area contributed by atoms with E-state index in [0.29, 0.717) is 52.9 Å². The summed E-state index contributed by atoms with van der Waals surface area (Å²) in [5.41, 5.74) is 0. The molecule has 0 fully saturated rings. The molecule has 0 saturated carbocycles. The Hall–Kier alpha value is -1.22. The molecule has 24 heavy (non-hydrogen) atoms. The van der Waals surface area contributed by atoms with Gasteiger partial charge < -0.3 is 28.4 Å². The number of rotatable bonds is 17. The molecule has 142 valence electrons. The van der Waals surface area contributed by atoms with Gasteiger partial charge in [-0.05, 0) is 13.8 Å². The Labute approximate surface area is 143 Å². The second kappa shape index (κ2) is 18.1. The van der Waals surface area contributed by atoms with Crippen LogP contribution in [-0.2, 0) is 38.0 Å². The van der Waals surface area contributed by atoms with Gasteiger partial charge >= 0.3 is 11.9 Å². The molecule has 0 rings (SSSR count). The van der Waals surface area contributed by atoms with Crippen LogP contribution in [0.5, 0.6) is 0 Å². The first kappa shape index (κ1) is 22.8. The molecule has 0 bridgehead atoms. The van der Waals surface area contributed by atoms with E-state index < -0.39 is 11.9 Å². The van der Waals surface area contributed by atoms with Crippen LogP contribution in [0.3, 0.4) is 0 Å². The molecule has 0 aliphatic rings. The minimum Gasteiger partial charge on any atom is -0.463 e. The lowest BCUT2D eigenvalue weighted by Crippen LogP contribution is -2.16. The predicted octanol–water partition coefficient (Wildman–Crippen LogP) is 0.959. The monoisotopic (exact) mass is 350 g/mol. The van der Waals surface area contributed by atoms with Crippen molar-refractivity contribution >= 4 is 11.9 Å². The third-order valence-corrected chi connectivity index (χ3v) is 2.67. The first-order valence-corrected chi connectivity index (χ1v) is 8.32. The Morgan fingerprint density at radius 2 is 0.875 bits per heavy atom. The standard InChI is InChI=1S/C16H30O8/c1-3-19-7-9-21-11-13-23-15(17)5-6-16(18)24-14-12-22-10-8-20-4-2/h3-14H2,1-2H3. The van der Waals surface area contributed by atoms with Crippen molar-refractivity contribution in [2.24, 2.45) is 0 Å². The fourth-order valence-corrected chi connectivity index (χ4v) is 1.51. The summed E-state index contributed by atoms with van der Waals surface area (Å²) in [5, 5.41) is 0. The van der Waals surface area contributed by atoms with Crippen LogP contribution in [0.15, 0.2) is 0 Å². The van der Waals surface area contributed by atoms with Gasteiger partial charge in [-0.2, -0.15) is 0 Å². The van der Waals surface area contributed by atoms with Gasteiger partial charge in [0.2, 0.25) is 0 Å². The summed E-state index contributed by atoms with van der Waals surface area (Å²) in [5.74, 6) is -0.901. The van der Waals surface area contributed by atoms with E-state index in [1.54, 1.807) is 0 Å². The molecule has 0 aliphatic carbocycles. The summed E-state index contributed by atoms with van der Waals surface area (Å²) in [4.78, 5) is 22.8. The van der Waals surface area contributed by atoms with Gasteiger partial charge in [-0.25, -0.2) is 0 Å². The lowest BCUT2D eigenvalue weighted by Gasteiger charge is -2.07. The van der Waals surface area contributed by atoms with Crippen molar-refractivity contribution in [3.63, 3.8) is 0 Å². The van der Waals surface area contributed by atoms with E-state index in [1.807, 2.05) is 13.8 Å². The maximum Gasteiger partial charge on any atom is 0.306 e. The van der Waals surface area contributed by atoms with Crippen LogP contribution >= 0.6 is 0 Å². The molecule has 0 spiro atoms. The highest BCUT2D eigenvalue weighted by molar-refractivity contribution is 5.77. The highest BCUT2D eigenvalue weighted by atomic mass is 16.6. The molecular weight excluding hydrogens is 320 g/mol. The maximum absolute atomic E-state index is 11.4. The summed E-state index contributed by atoms with van der Waals surface area (Å²) in [6, 6.07) is 0. The van der Waals surface area contributed by atoms with E-state index in [9.17, 15) is 9.59 Å². The molecule has 0 amide bonds. The van der Waals surface area contributed by atoms with Gasteiger partial charge in [-0.3, -0.25) is 9.59 Å². The molecule has 8 nitrogen and oxygen atoms in total. The molecule has 0 aromatic rings. The number of esters is 2. The second-order valence-electron chi connectivity index (χ2n) is 4.56. The Morgan fingerprint density at radius 3 is 1.25 bits per heavy atom. The quantitative estimate of drug-likeness (QED) is 0.283. The SMILES string of the molecule is CCOCCOCCOC(=O)CCC(=O)OCCOCCOCC. The number of ether oxygens (including phenoxy) is 6. The van der Waals surface area contributed by atoms with E-state index in [-0.39, 0.29) is 26.1 Å². The normalized spacial score (nSPS) is 10.6. The average molecular weight is 350 g/mol. The van der Waals surface area contributed by atoms with Crippen molar-refractivity contribution in [3.8, 4) is 0 Å². The van der Waals surface area contributed by atoms with E-state index in [4.69, 9.17) is 28.4 Å². The molecule has 0 aliphatic heterocycles. The summed E-state index contributed by atoms with van der Waals surface area (Å²) < 4.78 is 30.4. The Morgan fingerprint density at radius 1 is 0.542 bits per heavy atom. The maximum atomic E-state index is 11.4. The van der Waals surface area contributed by atoms with E-state index in [1.165, 1.54) is 0 Å². The summed E-state index contributed by atoms with van der Waals surface area (Å²) >= 11 is 0. The smallest absolute Gasteiger partial charge is 0.306 e. The lowest BCUT2D eigenvalue weighted by molar-refractivity contribution is -0.152. The largest absolute Gasteiger partial charge is 0.463 e. The Bertz CT molecular complexity index is 278. The van der Waals surface area contributed by atoms with Gasteiger partial charge in [0.25, 0.3) is 0 Å². The van der Waals surface area contributed by atoms with Crippen LogP contribution in [-0.4, -0.2) is 78.0 Å². The Balaban J connectivity index is 3.34. The van der Waals surface area contributed by atoms with Crippen molar-refractivity contribution in [1.29, 1.82) is 0 Å². The van der Waals surface area contributed by atoms with Crippen LogP contribution < -0.4 is 0 Å². The van der Waals surface area contributed by atoms with Gasteiger partial charge in [0, 0.05) is 13.2 Å². The third kappa shape index (κ3) is 17.1. The highest BCUT2D eigenvalue weighted by Crippen LogP contribution is 1.96. The first-order valence-electron chi connectivity index (χ1n) is 8.32. The second-order valence-corrected chi connectivity index (χ2v) is 4.56. The zero-order valence-corrected chi connectivity index (χ0v) is 14.8. The van der Waals surface area contributed by atoms with Gasteiger partial charge in [0.05, 0.1) is 52.5 Å². The zero-order chi connectivity index (χ0) is 17.9. The van der Waals surface area contributed by atoms with Gasteiger partial charge in [-0.1, -0.05) is 0 Å².